The Morgan fingerprint density at radius 1 is 0.743 bits per heavy atom. The van der Waals surface area contributed by atoms with Gasteiger partial charge in [-0.2, -0.15) is 9.29 Å². The molecule has 2 aromatic carbocycles. The van der Waals surface area contributed by atoms with Crippen LogP contribution in [0.4, 0.5) is 11.4 Å². The van der Waals surface area contributed by atoms with E-state index in [0.717, 1.165) is 6.07 Å². The zero-order valence-electron chi connectivity index (χ0n) is 20.0. The fraction of sp³-hybridized carbons (Fsp3) is 0.333. The summed E-state index contributed by atoms with van der Waals surface area (Å²) in [5.41, 5.74) is 0.364. The predicted octanol–water partition coefficient (Wildman–Crippen LogP) is 2.37. The molecule has 1 aliphatic carbocycles. The largest absolute Gasteiger partial charge is 0.507 e. The van der Waals surface area contributed by atoms with Crippen LogP contribution in [0.3, 0.4) is 0 Å². The van der Waals surface area contributed by atoms with Crippen LogP contribution in [0.15, 0.2) is 28.9 Å². The van der Waals surface area contributed by atoms with Gasteiger partial charge < -0.3 is 25.3 Å². The number of quaternary nitrogens is 2. The predicted molar refractivity (Wildman–Crippen MR) is 127 cm³/mol. The SMILES string of the molecule is C[N+](C)(O)CCNc1c2c(c(NCC[N+](C)(C)O)c3occc13)C(=O)c1c(O)ccc(O)c1C2=O. The van der Waals surface area contributed by atoms with Crippen molar-refractivity contribution in [2.24, 2.45) is 0 Å². The Balaban J connectivity index is 1.94. The number of phenolic OH excluding ortho intramolecular Hbond substituents is 2. The molecule has 0 atom stereocenters. The van der Waals surface area contributed by atoms with E-state index in [4.69, 9.17) is 4.42 Å². The third-order valence-corrected chi connectivity index (χ3v) is 5.90. The van der Waals surface area contributed by atoms with Crippen LogP contribution in [0, 0.1) is 0 Å². The molecular formula is C24H30N4O7+2. The van der Waals surface area contributed by atoms with E-state index in [9.17, 15) is 30.2 Å². The molecule has 0 spiro atoms. The first kappa shape index (κ1) is 24.5. The molecule has 11 heteroatoms. The molecule has 1 heterocycles. The lowest BCUT2D eigenvalue weighted by Gasteiger charge is -2.26. The van der Waals surface area contributed by atoms with Gasteiger partial charge >= 0.3 is 0 Å². The summed E-state index contributed by atoms with van der Waals surface area (Å²) >= 11 is 0. The molecule has 35 heavy (non-hydrogen) atoms. The van der Waals surface area contributed by atoms with Crippen molar-refractivity contribution < 1.29 is 43.9 Å². The van der Waals surface area contributed by atoms with E-state index in [-0.39, 0.29) is 56.9 Å². The minimum absolute atomic E-state index is 0.00524. The smallest absolute Gasteiger partial charge is 0.200 e. The van der Waals surface area contributed by atoms with Gasteiger partial charge in [0.15, 0.2) is 5.58 Å². The highest BCUT2D eigenvalue weighted by Crippen LogP contribution is 2.46. The highest BCUT2D eigenvalue weighted by molar-refractivity contribution is 6.36. The van der Waals surface area contributed by atoms with Crippen LogP contribution in [-0.2, 0) is 0 Å². The molecule has 0 saturated heterocycles. The summed E-state index contributed by atoms with van der Waals surface area (Å²) in [5.74, 6) is -2.12. The second kappa shape index (κ2) is 8.54. The first-order valence-electron chi connectivity index (χ1n) is 11.1. The zero-order chi connectivity index (χ0) is 25.7. The minimum Gasteiger partial charge on any atom is -0.507 e. The lowest BCUT2D eigenvalue weighted by molar-refractivity contribution is -1.07. The number of fused-ring (bicyclic) bond motifs is 3. The number of nitrogens with one attached hydrogen (secondary N) is 2. The molecule has 186 valence electrons. The Kier molecular flexibility index (Phi) is 5.97. The number of hydrogen-bond acceptors (Lipinski definition) is 9. The number of carbonyl (C=O) groups excluding carboxylic acids is 2. The van der Waals surface area contributed by atoms with Gasteiger partial charge in [0, 0.05) is 5.39 Å². The summed E-state index contributed by atoms with van der Waals surface area (Å²) in [6.45, 7) is 1.09. The fourth-order valence-corrected chi connectivity index (χ4v) is 4.20. The number of carbonyl (C=O) groups is 2. The van der Waals surface area contributed by atoms with E-state index in [1.807, 2.05) is 0 Å². The Labute approximate surface area is 201 Å². The molecule has 4 rings (SSSR count). The van der Waals surface area contributed by atoms with Crippen LogP contribution in [0.5, 0.6) is 11.5 Å². The number of hydroxylamine groups is 6. The first-order valence-corrected chi connectivity index (χ1v) is 11.1. The Bertz CT molecular complexity index is 1230. The molecule has 0 aliphatic heterocycles. The van der Waals surface area contributed by atoms with Gasteiger partial charge in [-0.15, -0.1) is 0 Å². The number of phenols is 2. The van der Waals surface area contributed by atoms with Gasteiger partial charge in [-0.25, -0.2) is 10.4 Å². The molecule has 0 saturated carbocycles. The molecule has 1 aliphatic rings. The molecule has 6 N–H and O–H groups in total. The van der Waals surface area contributed by atoms with Crippen LogP contribution >= 0.6 is 0 Å². The van der Waals surface area contributed by atoms with Crippen molar-refractivity contribution >= 4 is 33.9 Å². The second-order valence-electron chi connectivity index (χ2n) is 9.72. The summed E-state index contributed by atoms with van der Waals surface area (Å²) in [6, 6.07) is 3.98. The van der Waals surface area contributed by atoms with Gasteiger partial charge in [0.1, 0.15) is 24.6 Å². The lowest BCUT2D eigenvalue weighted by atomic mass is 9.80. The fourth-order valence-electron chi connectivity index (χ4n) is 4.20. The third kappa shape index (κ3) is 4.54. The summed E-state index contributed by atoms with van der Waals surface area (Å²) in [6.07, 6.45) is 1.43. The van der Waals surface area contributed by atoms with E-state index >= 15 is 0 Å². The van der Waals surface area contributed by atoms with Crippen molar-refractivity contribution in [1.29, 1.82) is 0 Å². The van der Waals surface area contributed by atoms with Crippen LogP contribution in [0.2, 0.25) is 0 Å². The van der Waals surface area contributed by atoms with Crippen LogP contribution in [0.1, 0.15) is 31.8 Å². The molecule has 0 bridgehead atoms. The molecule has 0 fully saturated rings. The highest BCUT2D eigenvalue weighted by atomic mass is 16.5. The van der Waals surface area contributed by atoms with E-state index in [1.54, 1.807) is 34.3 Å². The van der Waals surface area contributed by atoms with Crippen LogP contribution in [0.25, 0.3) is 11.0 Å². The number of ketones is 2. The van der Waals surface area contributed by atoms with Crippen molar-refractivity contribution in [3.05, 3.63) is 46.7 Å². The molecule has 0 radical (unpaired) electrons. The maximum absolute atomic E-state index is 13.7. The van der Waals surface area contributed by atoms with Crippen molar-refractivity contribution in [2.75, 3.05) is 65.0 Å². The van der Waals surface area contributed by atoms with Crippen molar-refractivity contribution in [3.8, 4) is 11.5 Å². The standard InChI is InChI=1S/C24H28N4O7/c1-27(2,33)10-8-25-20-13-7-12-35-24(13)21(26-9-11-28(3,4)34)19-18(20)22(31)16-14(29)5-6-15(30)17(16)23(19)32/h5-7,12,33-34H,8-11H2,1-4H3,(H2-2,25,26,29,30,31,32)/p+2. The number of benzene rings is 2. The number of nitrogens with zero attached hydrogens (tertiary/aromatic N) is 2. The van der Waals surface area contributed by atoms with Gasteiger partial charge in [0.25, 0.3) is 0 Å². The normalized spacial score (nSPS) is 13.7. The summed E-state index contributed by atoms with van der Waals surface area (Å²) < 4.78 is 5.07. The number of likely N-dealkylation sites (N-methyl/N-ethyl adjacent to an activating group) is 2. The Morgan fingerprint density at radius 2 is 1.20 bits per heavy atom. The molecule has 1 aromatic heterocycles. The third-order valence-electron chi connectivity index (χ3n) is 5.90. The first-order chi connectivity index (χ1) is 16.3. The molecule has 11 nitrogen and oxygen atoms in total. The average molecular weight is 487 g/mol. The molecule has 0 amide bonds. The van der Waals surface area contributed by atoms with E-state index < -0.39 is 23.1 Å². The molecule has 3 aromatic rings. The minimum atomic E-state index is -0.650. The van der Waals surface area contributed by atoms with Gasteiger partial charge in [0.2, 0.25) is 11.6 Å². The monoisotopic (exact) mass is 486 g/mol. The number of anilines is 2. The van der Waals surface area contributed by atoms with Crippen molar-refractivity contribution in [3.63, 3.8) is 0 Å². The van der Waals surface area contributed by atoms with Crippen molar-refractivity contribution in [2.45, 2.75) is 0 Å². The maximum Gasteiger partial charge on any atom is 0.200 e. The highest BCUT2D eigenvalue weighted by Gasteiger charge is 2.40. The Morgan fingerprint density at radius 3 is 1.69 bits per heavy atom. The number of furan rings is 1. The average Bonchev–Trinajstić information content (AvgIpc) is 3.22. The van der Waals surface area contributed by atoms with E-state index in [0.29, 0.717) is 23.2 Å². The van der Waals surface area contributed by atoms with Crippen LogP contribution in [-0.4, -0.2) is 95.9 Å². The maximum atomic E-state index is 13.7. The van der Waals surface area contributed by atoms with Gasteiger partial charge in [-0.05, 0) is 18.2 Å². The van der Waals surface area contributed by atoms with Crippen LogP contribution < -0.4 is 10.6 Å². The summed E-state index contributed by atoms with van der Waals surface area (Å²) in [4.78, 5) is 27.5. The summed E-state index contributed by atoms with van der Waals surface area (Å²) in [7, 11) is 6.40. The van der Waals surface area contributed by atoms with Gasteiger partial charge in [0.05, 0.1) is 81.2 Å². The van der Waals surface area contributed by atoms with E-state index in [1.165, 1.54) is 12.3 Å². The second-order valence-corrected chi connectivity index (χ2v) is 9.72. The van der Waals surface area contributed by atoms with Crippen molar-refractivity contribution in [1.82, 2.24) is 0 Å². The van der Waals surface area contributed by atoms with Gasteiger partial charge in [-0.1, -0.05) is 0 Å². The summed E-state index contributed by atoms with van der Waals surface area (Å²) in [5, 5.41) is 47.8. The van der Waals surface area contributed by atoms with E-state index in [2.05, 4.69) is 10.6 Å². The lowest BCUT2D eigenvalue weighted by Crippen LogP contribution is -2.40. The molecule has 0 unspecified atom stereocenters. The quantitative estimate of drug-likeness (QED) is 0.0954. The Hall–Kier alpha value is -3.64. The number of rotatable bonds is 8. The van der Waals surface area contributed by atoms with Gasteiger partial charge in [-0.3, -0.25) is 9.59 Å². The zero-order valence-corrected chi connectivity index (χ0v) is 20.0. The topological polar surface area (TPSA) is 152 Å². The molecular weight excluding hydrogens is 456 g/mol. The number of aromatic hydroxyl groups is 2. The number of hydrogen-bond donors (Lipinski definition) is 6.